The summed E-state index contributed by atoms with van der Waals surface area (Å²) in [5.41, 5.74) is 1.18. The van der Waals surface area contributed by atoms with E-state index in [1.165, 1.54) is 5.56 Å². The average Bonchev–Trinajstić information content (AvgIpc) is 2.69. The summed E-state index contributed by atoms with van der Waals surface area (Å²) in [6.45, 7) is 4.43. The zero-order chi connectivity index (χ0) is 18.2. The third-order valence-corrected chi connectivity index (χ3v) is 4.78. The van der Waals surface area contributed by atoms with E-state index in [2.05, 4.69) is 4.98 Å². The molecule has 0 unspecified atom stereocenters. The highest BCUT2D eigenvalue weighted by molar-refractivity contribution is 5.77. The molecular weight excluding hydrogens is 328 g/mol. The summed E-state index contributed by atoms with van der Waals surface area (Å²) in [7, 11) is 0. The smallest absolute Gasteiger partial charge is 0.260 e. The number of hydrogen-bond donors (Lipinski definition) is 0. The van der Waals surface area contributed by atoms with Crippen LogP contribution < -0.4 is 9.47 Å². The van der Waals surface area contributed by atoms with E-state index < -0.39 is 0 Å². The fourth-order valence-corrected chi connectivity index (χ4v) is 3.12. The van der Waals surface area contributed by atoms with E-state index in [1.807, 2.05) is 48.2 Å². The Hall–Kier alpha value is -2.56. The van der Waals surface area contributed by atoms with Crippen LogP contribution in [0, 0.1) is 12.8 Å². The van der Waals surface area contributed by atoms with Crippen LogP contribution in [0.3, 0.4) is 0 Å². The zero-order valence-electron chi connectivity index (χ0n) is 15.3. The molecule has 138 valence electrons. The Morgan fingerprint density at radius 1 is 1.12 bits per heavy atom. The predicted molar refractivity (Wildman–Crippen MR) is 100 cm³/mol. The van der Waals surface area contributed by atoms with Gasteiger partial charge in [-0.15, -0.1) is 0 Å². The molecule has 3 rings (SSSR count). The maximum absolute atomic E-state index is 12.3. The summed E-state index contributed by atoms with van der Waals surface area (Å²) < 4.78 is 11.3. The fraction of sp³-hybridized carbons (Fsp3) is 0.429. The average molecular weight is 354 g/mol. The maximum atomic E-state index is 12.3. The molecular formula is C21H26N2O3. The molecule has 0 radical (unpaired) electrons. The van der Waals surface area contributed by atoms with E-state index in [9.17, 15) is 4.79 Å². The molecule has 0 spiro atoms. The molecule has 26 heavy (non-hydrogen) atoms. The van der Waals surface area contributed by atoms with Crippen LogP contribution in [0.4, 0.5) is 0 Å². The van der Waals surface area contributed by atoms with Crippen molar-refractivity contribution in [1.82, 2.24) is 9.88 Å². The predicted octanol–water partition coefficient (Wildman–Crippen LogP) is 3.48. The number of hydrogen-bond acceptors (Lipinski definition) is 4. The molecule has 1 saturated heterocycles. The van der Waals surface area contributed by atoms with Crippen molar-refractivity contribution >= 4 is 5.91 Å². The minimum atomic E-state index is 0.0654. The van der Waals surface area contributed by atoms with Crippen LogP contribution in [0.5, 0.6) is 11.5 Å². The van der Waals surface area contributed by atoms with Gasteiger partial charge in [0.05, 0.1) is 12.8 Å². The zero-order valence-corrected chi connectivity index (χ0v) is 15.3. The summed E-state index contributed by atoms with van der Waals surface area (Å²) in [6.07, 6.45) is 6.52. The Kier molecular flexibility index (Phi) is 6.47. The molecule has 0 aliphatic carbocycles. The molecule has 1 amide bonds. The summed E-state index contributed by atoms with van der Waals surface area (Å²) in [4.78, 5) is 18.3. The van der Waals surface area contributed by atoms with E-state index in [0.717, 1.165) is 43.9 Å². The number of aryl methyl sites for hydroxylation is 1. The van der Waals surface area contributed by atoms with Gasteiger partial charge in [0.1, 0.15) is 11.5 Å². The van der Waals surface area contributed by atoms with Gasteiger partial charge in [0.2, 0.25) is 0 Å². The number of carbonyl (C=O) groups is 1. The maximum Gasteiger partial charge on any atom is 0.260 e. The van der Waals surface area contributed by atoms with Crippen LogP contribution in [0.25, 0.3) is 0 Å². The largest absolute Gasteiger partial charge is 0.492 e. The summed E-state index contributed by atoms with van der Waals surface area (Å²) in [6, 6.07) is 11.6. The summed E-state index contributed by atoms with van der Waals surface area (Å²) in [5, 5.41) is 0. The quantitative estimate of drug-likeness (QED) is 0.764. The number of nitrogens with zero attached hydrogens (tertiary/aromatic N) is 2. The van der Waals surface area contributed by atoms with Crippen molar-refractivity contribution < 1.29 is 14.3 Å². The number of pyridine rings is 1. The van der Waals surface area contributed by atoms with Crippen molar-refractivity contribution in [2.75, 3.05) is 26.3 Å². The Morgan fingerprint density at radius 2 is 1.88 bits per heavy atom. The van der Waals surface area contributed by atoms with Gasteiger partial charge >= 0.3 is 0 Å². The standard InChI is InChI=1S/C21H26N2O3/c1-17-4-6-19(7-5-17)26-16-21(24)23-12-8-18(9-13-23)10-14-25-20-3-2-11-22-15-20/h2-7,11,15,18H,8-10,12-14,16H2,1H3. The summed E-state index contributed by atoms with van der Waals surface area (Å²) >= 11 is 0. The highest BCUT2D eigenvalue weighted by atomic mass is 16.5. The SMILES string of the molecule is Cc1ccc(OCC(=O)N2CCC(CCOc3cccnc3)CC2)cc1. The molecule has 1 aliphatic heterocycles. The van der Waals surface area contributed by atoms with E-state index in [0.29, 0.717) is 12.5 Å². The lowest BCUT2D eigenvalue weighted by Crippen LogP contribution is -2.41. The molecule has 1 aliphatic rings. The van der Waals surface area contributed by atoms with Gasteiger partial charge in [0.15, 0.2) is 6.61 Å². The molecule has 2 heterocycles. The van der Waals surface area contributed by atoms with E-state index in [-0.39, 0.29) is 12.5 Å². The first-order valence-corrected chi connectivity index (χ1v) is 9.21. The number of ether oxygens (including phenoxy) is 2. The molecule has 1 fully saturated rings. The van der Waals surface area contributed by atoms with Crippen molar-refractivity contribution in [3.8, 4) is 11.5 Å². The third kappa shape index (κ3) is 5.48. The monoisotopic (exact) mass is 354 g/mol. The number of piperidine rings is 1. The van der Waals surface area contributed by atoms with E-state index in [1.54, 1.807) is 12.4 Å². The Balaban J connectivity index is 1.33. The minimum absolute atomic E-state index is 0.0654. The number of aromatic nitrogens is 1. The highest BCUT2D eigenvalue weighted by Crippen LogP contribution is 2.21. The third-order valence-electron chi connectivity index (χ3n) is 4.78. The first kappa shape index (κ1) is 18.2. The summed E-state index contributed by atoms with van der Waals surface area (Å²) in [5.74, 6) is 2.23. The van der Waals surface area contributed by atoms with Crippen molar-refractivity contribution in [3.63, 3.8) is 0 Å². The second-order valence-corrected chi connectivity index (χ2v) is 6.75. The van der Waals surface area contributed by atoms with Crippen LogP contribution in [-0.2, 0) is 4.79 Å². The molecule has 5 heteroatoms. The molecule has 2 aromatic rings. The molecule has 1 aromatic heterocycles. The minimum Gasteiger partial charge on any atom is -0.492 e. The van der Waals surface area contributed by atoms with Gasteiger partial charge in [0.25, 0.3) is 5.91 Å². The van der Waals surface area contributed by atoms with Crippen LogP contribution in [0.2, 0.25) is 0 Å². The first-order chi connectivity index (χ1) is 12.7. The van der Waals surface area contributed by atoms with E-state index >= 15 is 0 Å². The molecule has 0 bridgehead atoms. The van der Waals surface area contributed by atoms with Gasteiger partial charge in [-0.2, -0.15) is 0 Å². The lowest BCUT2D eigenvalue weighted by atomic mass is 9.94. The van der Waals surface area contributed by atoms with Crippen molar-refractivity contribution in [2.24, 2.45) is 5.92 Å². The fourth-order valence-electron chi connectivity index (χ4n) is 3.12. The normalized spacial score (nSPS) is 14.9. The Labute approximate surface area is 155 Å². The number of carbonyl (C=O) groups excluding carboxylic acids is 1. The van der Waals surface area contributed by atoms with Crippen LogP contribution in [0.1, 0.15) is 24.8 Å². The van der Waals surface area contributed by atoms with Crippen molar-refractivity contribution in [3.05, 3.63) is 54.4 Å². The van der Waals surface area contributed by atoms with Gasteiger partial charge in [-0.05, 0) is 56.4 Å². The van der Waals surface area contributed by atoms with Gasteiger partial charge in [-0.25, -0.2) is 0 Å². The van der Waals surface area contributed by atoms with Crippen LogP contribution in [0.15, 0.2) is 48.8 Å². The van der Waals surface area contributed by atoms with Crippen molar-refractivity contribution in [1.29, 1.82) is 0 Å². The number of amides is 1. The van der Waals surface area contributed by atoms with Gasteiger partial charge < -0.3 is 14.4 Å². The van der Waals surface area contributed by atoms with Gasteiger partial charge in [0, 0.05) is 19.3 Å². The van der Waals surface area contributed by atoms with Crippen molar-refractivity contribution in [2.45, 2.75) is 26.2 Å². The Morgan fingerprint density at radius 3 is 2.58 bits per heavy atom. The molecule has 0 atom stereocenters. The first-order valence-electron chi connectivity index (χ1n) is 9.21. The molecule has 0 saturated carbocycles. The molecule has 1 aromatic carbocycles. The lowest BCUT2D eigenvalue weighted by molar-refractivity contribution is -0.134. The Bertz CT molecular complexity index is 680. The van der Waals surface area contributed by atoms with Crippen LogP contribution in [-0.4, -0.2) is 42.1 Å². The topological polar surface area (TPSA) is 51.7 Å². The van der Waals surface area contributed by atoms with Crippen LogP contribution >= 0.6 is 0 Å². The van der Waals surface area contributed by atoms with E-state index in [4.69, 9.17) is 9.47 Å². The van der Waals surface area contributed by atoms with Gasteiger partial charge in [-0.3, -0.25) is 9.78 Å². The highest BCUT2D eigenvalue weighted by Gasteiger charge is 2.23. The second kappa shape index (κ2) is 9.22. The van der Waals surface area contributed by atoms with Gasteiger partial charge in [-0.1, -0.05) is 17.7 Å². The lowest BCUT2D eigenvalue weighted by Gasteiger charge is -2.32. The number of benzene rings is 1. The second-order valence-electron chi connectivity index (χ2n) is 6.75. The molecule has 5 nitrogen and oxygen atoms in total. The number of likely N-dealkylation sites (tertiary alicyclic amines) is 1. The molecule has 0 N–H and O–H groups in total. The number of rotatable bonds is 7.